The molecule has 1 saturated heterocycles. The highest BCUT2D eigenvalue weighted by atomic mass is 16.5. The molecule has 7 nitrogen and oxygen atoms in total. The maximum Gasteiger partial charge on any atom is 0.257 e. The van der Waals surface area contributed by atoms with E-state index in [1.54, 1.807) is 26.6 Å². The van der Waals surface area contributed by atoms with Gasteiger partial charge < -0.3 is 19.7 Å². The van der Waals surface area contributed by atoms with Crippen molar-refractivity contribution in [3.63, 3.8) is 0 Å². The largest absolute Gasteiger partial charge is 0.496 e. The van der Waals surface area contributed by atoms with Crippen LogP contribution in [0.3, 0.4) is 0 Å². The quantitative estimate of drug-likeness (QED) is 0.855. The zero-order valence-corrected chi connectivity index (χ0v) is 15.1. The maximum atomic E-state index is 12.6. The Hall–Kier alpha value is -2.83. The van der Waals surface area contributed by atoms with Gasteiger partial charge in [-0.3, -0.25) is 4.79 Å². The Balaban J connectivity index is 1.54. The van der Waals surface area contributed by atoms with E-state index in [-0.39, 0.29) is 11.9 Å². The number of amides is 1. The molecule has 1 aromatic carbocycles. The molecular weight excluding hydrogens is 332 g/mol. The van der Waals surface area contributed by atoms with Crippen LogP contribution in [0.5, 0.6) is 11.6 Å². The van der Waals surface area contributed by atoms with E-state index < -0.39 is 0 Å². The van der Waals surface area contributed by atoms with Crippen LogP contribution in [-0.2, 0) is 11.2 Å². The van der Waals surface area contributed by atoms with E-state index in [9.17, 15) is 4.79 Å². The van der Waals surface area contributed by atoms with E-state index in [1.165, 1.54) is 0 Å². The van der Waals surface area contributed by atoms with Gasteiger partial charge in [-0.05, 0) is 18.9 Å². The molecule has 2 aromatic rings. The van der Waals surface area contributed by atoms with Crippen molar-refractivity contribution in [3.05, 3.63) is 42.2 Å². The van der Waals surface area contributed by atoms with Gasteiger partial charge >= 0.3 is 0 Å². The SMILES string of the molecule is COc1ccccc1CC(=O)N1CCC(Nc2nccnc2OC)CC1. The van der Waals surface area contributed by atoms with Gasteiger partial charge in [0.2, 0.25) is 5.91 Å². The number of hydrogen-bond donors (Lipinski definition) is 1. The second-order valence-electron chi connectivity index (χ2n) is 6.20. The third-order valence-corrected chi connectivity index (χ3v) is 4.58. The summed E-state index contributed by atoms with van der Waals surface area (Å²) in [5.41, 5.74) is 0.921. The number of anilines is 1. The van der Waals surface area contributed by atoms with E-state index in [2.05, 4.69) is 15.3 Å². The molecule has 2 heterocycles. The van der Waals surface area contributed by atoms with Gasteiger partial charge in [0.15, 0.2) is 5.82 Å². The minimum atomic E-state index is 0.130. The summed E-state index contributed by atoms with van der Waals surface area (Å²) in [6, 6.07) is 7.90. The average molecular weight is 356 g/mol. The number of aromatic nitrogens is 2. The molecule has 0 bridgehead atoms. The summed E-state index contributed by atoms with van der Waals surface area (Å²) >= 11 is 0. The molecule has 0 atom stereocenters. The first-order valence-corrected chi connectivity index (χ1v) is 8.72. The lowest BCUT2D eigenvalue weighted by Crippen LogP contribution is -2.43. The van der Waals surface area contributed by atoms with Crippen molar-refractivity contribution < 1.29 is 14.3 Å². The normalized spacial score (nSPS) is 14.8. The van der Waals surface area contributed by atoms with Crippen LogP contribution < -0.4 is 14.8 Å². The number of hydrogen-bond acceptors (Lipinski definition) is 6. The van der Waals surface area contributed by atoms with Gasteiger partial charge in [-0.25, -0.2) is 9.97 Å². The van der Waals surface area contributed by atoms with Crippen molar-refractivity contribution in [2.24, 2.45) is 0 Å². The second-order valence-corrected chi connectivity index (χ2v) is 6.20. The standard InChI is InChI=1S/C19H24N4O3/c1-25-16-6-4-3-5-14(16)13-17(24)23-11-7-15(8-12-23)22-18-19(26-2)21-10-9-20-18/h3-6,9-10,15H,7-8,11-13H2,1-2H3,(H,20,22). The number of piperidine rings is 1. The third-order valence-electron chi connectivity index (χ3n) is 4.58. The van der Waals surface area contributed by atoms with Crippen molar-refractivity contribution in [1.29, 1.82) is 0 Å². The molecule has 0 radical (unpaired) electrons. The monoisotopic (exact) mass is 356 g/mol. The smallest absolute Gasteiger partial charge is 0.257 e. The third kappa shape index (κ3) is 4.22. The van der Waals surface area contributed by atoms with E-state index in [4.69, 9.17) is 9.47 Å². The van der Waals surface area contributed by atoms with E-state index in [0.717, 1.165) is 24.2 Å². The molecule has 1 aliphatic heterocycles. The number of ether oxygens (including phenoxy) is 2. The van der Waals surface area contributed by atoms with Gasteiger partial charge in [-0.1, -0.05) is 18.2 Å². The van der Waals surface area contributed by atoms with Crippen molar-refractivity contribution in [3.8, 4) is 11.6 Å². The number of likely N-dealkylation sites (tertiary alicyclic amines) is 1. The predicted molar refractivity (Wildman–Crippen MR) is 98.5 cm³/mol. The lowest BCUT2D eigenvalue weighted by Gasteiger charge is -2.33. The van der Waals surface area contributed by atoms with Crippen LogP contribution in [0, 0.1) is 0 Å². The summed E-state index contributed by atoms with van der Waals surface area (Å²) < 4.78 is 10.6. The molecular formula is C19H24N4O3. The molecule has 26 heavy (non-hydrogen) atoms. The minimum Gasteiger partial charge on any atom is -0.496 e. The molecule has 1 N–H and O–H groups in total. The Labute approximate surface area is 153 Å². The number of para-hydroxylation sites is 1. The zero-order chi connectivity index (χ0) is 18.4. The van der Waals surface area contributed by atoms with Gasteiger partial charge in [0.05, 0.1) is 20.6 Å². The first kappa shape index (κ1) is 18.0. The number of nitrogens with one attached hydrogen (secondary N) is 1. The molecule has 3 rings (SSSR count). The zero-order valence-electron chi connectivity index (χ0n) is 15.1. The van der Waals surface area contributed by atoms with Gasteiger partial charge in [0.25, 0.3) is 5.88 Å². The Morgan fingerprint density at radius 2 is 1.88 bits per heavy atom. The highest BCUT2D eigenvalue weighted by Gasteiger charge is 2.24. The van der Waals surface area contributed by atoms with Crippen molar-refractivity contribution in [2.45, 2.75) is 25.3 Å². The summed E-state index contributed by atoms with van der Waals surface area (Å²) in [5, 5.41) is 3.37. The summed E-state index contributed by atoms with van der Waals surface area (Å²) in [4.78, 5) is 22.9. The van der Waals surface area contributed by atoms with Gasteiger partial charge in [0.1, 0.15) is 5.75 Å². The van der Waals surface area contributed by atoms with Crippen LogP contribution in [0.2, 0.25) is 0 Å². The molecule has 0 unspecified atom stereocenters. The number of carbonyl (C=O) groups is 1. The number of methoxy groups -OCH3 is 2. The first-order valence-electron chi connectivity index (χ1n) is 8.72. The Bertz CT molecular complexity index is 745. The molecule has 7 heteroatoms. The van der Waals surface area contributed by atoms with Crippen molar-refractivity contribution in [1.82, 2.24) is 14.9 Å². The topological polar surface area (TPSA) is 76.6 Å². The fourth-order valence-corrected chi connectivity index (χ4v) is 3.16. The van der Waals surface area contributed by atoms with Crippen LogP contribution in [0.1, 0.15) is 18.4 Å². The lowest BCUT2D eigenvalue weighted by atomic mass is 10.0. The van der Waals surface area contributed by atoms with Crippen LogP contribution in [0.25, 0.3) is 0 Å². The fraction of sp³-hybridized carbons (Fsp3) is 0.421. The van der Waals surface area contributed by atoms with E-state index >= 15 is 0 Å². The highest BCUT2D eigenvalue weighted by Crippen LogP contribution is 2.23. The Morgan fingerprint density at radius 1 is 1.15 bits per heavy atom. The maximum absolute atomic E-state index is 12.6. The van der Waals surface area contributed by atoms with Crippen molar-refractivity contribution >= 4 is 11.7 Å². The molecule has 1 amide bonds. The second kappa shape index (κ2) is 8.51. The van der Waals surface area contributed by atoms with Gasteiger partial charge in [0, 0.05) is 37.1 Å². The summed E-state index contributed by atoms with van der Waals surface area (Å²) in [5.74, 6) is 2.02. The lowest BCUT2D eigenvalue weighted by molar-refractivity contribution is -0.131. The van der Waals surface area contributed by atoms with Crippen LogP contribution in [-0.4, -0.2) is 54.1 Å². The molecule has 0 spiro atoms. The average Bonchev–Trinajstić information content (AvgIpc) is 2.69. The van der Waals surface area contributed by atoms with E-state index in [0.29, 0.717) is 31.2 Å². The molecule has 1 aromatic heterocycles. The minimum absolute atomic E-state index is 0.130. The number of carbonyl (C=O) groups excluding carboxylic acids is 1. The number of nitrogens with zero attached hydrogens (tertiary/aromatic N) is 3. The molecule has 0 saturated carbocycles. The summed E-state index contributed by atoms with van der Waals surface area (Å²) in [6.45, 7) is 1.43. The Kier molecular flexibility index (Phi) is 5.88. The first-order chi connectivity index (χ1) is 12.7. The van der Waals surface area contributed by atoms with E-state index in [1.807, 2.05) is 29.2 Å². The summed E-state index contributed by atoms with van der Waals surface area (Å²) in [6.07, 6.45) is 5.31. The molecule has 1 aliphatic rings. The van der Waals surface area contributed by atoms with Crippen LogP contribution in [0.4, 0.5) is 5.82 Å². The molecule has 1 fully saturated rings. The number of rotatable bonds is 6. The molecule has 138 valence electrons. The van der Waals surface area contributed by atoms with Crippen LogP contribution >= 0.6 is 0 Å². The number of benzene rings is 1. The Morgan fingerprint density at radius 3 is 2.62 bits per heavy atom. The summed E-state index contributed by atoms with van der Waals surface area (Å²) in [7, 11) is 3.20. The van der Waals surface area contributed by atoms with Gasteiger partial charge in [-0.15, -0.1) is 0 Å². The van der Waals surface area contributed by atoms with Crippen molar-refractivity contribution in [2.75, 3.05) is 32.6 Å². The predicted octanol–water partition coefficient (Wildman–Crippen LogP) is 2.14. The highest BCUT2D eigenvalue weighted by molar-refractivity contribution is 5.79. The van der Waals surface area contributed by atoms with Gasteiger partial charge in [-0.2, -0.15) is 0 Å². The fourth-order valence-electron chi connectivity index (χ4n) is 3.16. The van der Waals surface area contributed by atoms with Crippen LogP contribution in [0.15, 0.2) is 36.7 Å². The molecule has 0 aliphatic carbocycles.